The Kier molecular flexibility index (Phi) is 5.41. The third-order valence-corrected chi connectivity index (χ3v) is 5.27. The molecule has 0 unspecified atom stereocenters. The highest BCUT2D eigenvalue weighted by atomic mass is 16.6. The minimum atomic E-state index is 0.102. The van der Waals surface area contributed by atoms with Crippen molar-refractivity contribution in [2.75, 3.05) is 40.0 Å². The second-order valence-electron chi connectivity index (χ2n) is 7.04. The molecule has 3 heterocycles. The smallest absolute Gasteiger partial charge is 0.161 e. The Bertz CT molecular complexity index is 710. The maximum atomic E-state index is 6.10. The van der Waals surface area contributed by atoms with E-state index in [2.05, 4.69) is 20.6 Å². The highest BCUT2D eigenvalue weighted by Gasteiger charge is 2.28. The zero-order valence-corrected chi connectivity index (χ0v) is 15.3. The Morgan fingerprint density at radius 2 is 2.00 bits per heavy atom. The summed E-state index contributed by atoms with van der Waals surface area (Å²) in [6.45, 7) is 5.28. The van der Waals surface area contributed by atoms with Crippen LogP contribution in [-0.2, 0) is 11.3 Å². The van der Waals surface area contributed by atoms with Crippen molar-refractivity contribution >= 4 is 0 Å². The number of fused-ring (bicyclic) bond motifs is 1. The van der Waals surface area contributed by atoms with Crippen LogP contribution in [0.25, 0.3) is 0 Å². The normalized spacial score (nSPS) is 21.0. The van der Waals surface area contributed by atoms with Crippen LogP contribution in [-0.4, -0.2) is 60.5 Å². The molecule has 0 spiro atoms. The predicted octanol–water partition coefficient (Wildman–Crippen LogP) is 2.55. The van der Waals surface area contributed by atoms with Gasteiger partial charge in [0.2, 0.25) is 0 Å². The molecule has 0 radical (unpaired) electrons. The number of para-hydroxylation sites is 2. The van der Waals surface area contributed by atoms with E-state index in [1.807, 2.05) is 30.5 Å². The van der Waals surface area contributed by atoms with Crippen LogP contribution >= 0.6 is 0 Å². The number of methoxy groups -OCH3 is 1. The second-order valence-corrected chi connectivity index (χ2v) is 7.04. The Morgan fingerprint density at radius 3 is 2.81 bits per heavy atom. The fraction of sp³-hybridized carbons (Fsp3) is 0.550. The van der Waals surface area contributed by atoms with Gasteiger partial charge in [-0.3, -0.25) is 4.90 Å². The molecule has 2 aliphatic rings. The van der Waals surface area contributed by atoms with E-state index < -0.39 is 0 Å². The summed E-state index contributed by atoms with van der Waals surface area (Å²) < 4.78 is 19.4. The SMILES string of the molecule is COCCn1ccnc1C1CCN(C[C@@H]2COc3ccccc3O2)CC1. The van der Waals surface area contributed by atoms with Crippen molar-refractivity contribution in [3.05, 3.63) is 42.5 Å². The highest BCUT2D eigenvalue weighted by Crippen LogP contribution is 2.32. The van der Waals surface area contributed by atoms with Crippen LogP contribution in [0.15, 0.2) is 36.7 Å². The molecule has 2 aromatic rings. The second kappa shape index (κ2) is 8.10. The minimum absolute atomic E-state index is 0.102. The lowest BCUT2D eigenvalue weighted by atomic mass is 9.95. The van der Waals surface area contributed by atoms with Crippen LogP contribution in [0.2, 0.25) is 0 Å². The number of rotatable bonds is 6. The first-order valence-corrected chi connectivity index (χ1v) is 9.44. The Balaban J connectivity index is 1.29. The van der Waals surface area contributed by atoms with Gasteiger partial charge >= 0.3 is 0 Å². The van der Waals surface area contributed by atoms with E-state index in [4.69, 9.17) is 14.2 Å². The number of nitrogens with zero attached hydrogens (tertiary/aromatic N) is 3. The van der Waals surface area contributed by atoms with Crippen LogP contribution in [0.3, 0.4) is 0 Å². The molecule has 1 atom stereocenters. The molecule has 0 N–H and O–H groups in total. The Hall–Kier alpha value is -2.05. The van der Waals surface area contributed by atoms with Gasteiger partial charge < -0.3 is 18.8 Å². The average Bonchev–Trinajstić information content (AvgIpc) is 3.15. The van der Waals surface area contributed by atoms with E-state index >= 15 is 0 Å². The maximum Gasteiger partial charge on any atom is 0.161 e. The van der Waals surface area contributed by atoms with Crippen LogP contribution in [0, 0.1) is 0 Å². The third kappa shape index (κ3) is 3.86. The van der Waals surface area contributed by atoms with Crippen LogP contribution < -0.4 is 9.47 Å². The van der Waals surface area contributed by atoms with E-state index in [1.54, 1.807) is 7.11 Å². The summed E-state index contributed by atoms with van der Waals surface area (Å²) in [6.07, 6.45) is 6.33. The molecule has 0 saturated carbocycles. The maximum absolute atomic E-state index is 6.10. The number of likely N-dealkylation sites (tertiary alicyclic amines) is 1. The monoisotopic (exact) mass is 357 g/mol. The zero-order chi connectivity index (χ0) is 17.8. The van der Waals surface area contributed by atoms with Crippen molar-refractivity contribution < 1.29 is 14.2 Å². The summed E-state index contributed by atoms with van der Waals surface area (Å²) in [5, 5.41) is 0. The quantitative estimate of drug-likeness (QED) is 0.795. The van der Waals surface area contributed by atoms with Gasteiger partial charge in [-0.2, -0.15) is 0 Å². The van der Waals surface area contributed by atoms with Crippen molar-refractivity contribution in [3.8, 4) is 11.5 Å². The first-order chi connectivity index (χ1) is 12.8. The largest absolute Gasteiger partial charge is 0.486 e. The van der Waals surface area contributed by atoms with Crippen LogP contribution in [0.4, 0.5) is 0 Å². The summed E-state index contributed by atoms with van der Waals surface area (Å²) >= 11 is 0. The van der Waals surface area contributed by atoms with Gasteiger partial charge in [-0.15, -0.1) is 0 Å². The molecular weight excluding hydrogens is 330 g/mol. The van der Waals surface area contributed by atoms with Crippen molar-refractivity contribution in [3.63, 3.8) is 0 Å². The van der Waals surface area contributed by atoms with E-state index in [9.17, 15) is 0 Å². The molecule has 6 nitrogen and oxygen atoms in total. The first kappa shape index (κ1) is 17.4. The molecule has 2 aliphatic heterocycles. The van der Waals surface area contributed by atoms with Crippen molar-refractivity contribution in [1.29, 1.82) is 0 Å². The van der Waals surface area contributed by atoms with Gasteiger partial charge in [-0.05, 0) is 38.1 Å². The van der Waals surface area contributed by atoms with Crippen molar-refractivity contribution in [2.24, 2.45) is 0 Å². The fourth-order valence-electron chi connectivity index (χ4n) is 3.87. The number of benzene rings is 1. The predicted molar refractivity (Wildman–Crippen MR) is 98.9 cm³/mol. The van der Waals surface area contributed by atoms with Crippen LogP contribution in [0.5, 0.6) is 11.5 Å². The number of imidazole rings is 1. The van der Waals surface area contributed by atoms with Gasteiger partial charge in [0, 0.05) is 38.5 Å². The molecule has 6 heteroatoms. The van der Waals surface area contributed by atoms with Gasteiger partial charge in [0.1, 0.15) is 18.5 Å². The van der Waals surface area contributed by atoms with E-state index in [1.165, 1.54) is 5.82 Å². The molecule has 0 bridgehead atoms. The number of ether oxygens (including phenoxy) is 3. The Labute approximate surface area is 154 Å². The lowest BCUT2D eigenvalue weighted by molar-refractivity contribution is 0.0509. The lowest BCUT2D eigenvalue weighted by Gasteiger charge is -2.35. The number of piperidine rings is 1. The van der Waals surface area contributed by atoms with Crippen molar-refractivity contribution in [2.45, 2.75) is 31.4 Å². The topological polar surface area (TPSA) is 48.8 Å². The molecule has 4 rings (SSSR count). The molecule has 1 fully saturated rings. The summed E-state index contributed by atoms with van der Waals surface area (Å²) in [5.41, 5.74) is 0. The molecule has 1 saturated heterocycles. The third-order valence-electron chi connectivity index (χ3n) is 5.27. The van der Waals surface area contributed by atoms with E-state index in [0.717, 1.165) is 57.1 Å². The zero-order valence-electron chi connectivity index (χ0n) is 15.3. The summed E-state index contributed by atoms with van der Waals surface area (Å²) in [5.74, 6) is 3.44. The van der Waals surface area contributed by atoms with Gasteiger partial charge in [0.15, 0.2) is 11.5 Å². The molecule has 0 amide bonds. The first-order valence-electron chi connectivity index (χ1n) is 9.44. The van der Waals surface area contributed by atoms with Gasteiger partial charge in [-0.1, -0.05) is 12.1 Å². The summed E-state index contributed by atoms with van der Waals surface area (Å²) in [6, 6.07) is 7.90. The standard InChI is InChI=1S/C20H27N3O3/c1-24-13-12-23-11-8-21-20(23)16-6-9-22(10-7-16)14-17-15-25-18-4-2-3-5-19(18)26-17/h2-5,8,11,16-17H,6-7,9-10,12-15H2,1H3/t17-/m1/s1. The molecule has 140 valence electrons. The van der Waals surface area contributed by atoms with Crippen LogP contribution in [0.1, 0.15) is 24.6 Å². The molecule has 1 aromatic carbocycles. The minimum Gasteiger partial charge on any atom is -0.486 e. The molecule has 0 aliphatic carbocycles. The lowest BCUT2D eigenvalue weighted by Crippen LogP contribution is -2.44. The Morgan fingerprint density at radius 1 is 1.19 bits per heavy atom. The fourth-order valence-corrected chi connectivity index (χ4v) is 3.87. The van der Waals surface area contributed by atoms with Crippen molar-refractivity contribution in [1.82, 2.24) is 14.5 Å². The highest BCUT2D eigenvalue weighted by molar-refractivity contribution is 5.40. The average molecular weight is 357 g/mol. The molecule has 1 aromatic heterocycles. The number of hydrogen-bond donors (Lipinski definition) is 0. The van der Waals surface area contributed by atoms with E-state index in [0.29, 0.717) is 12.5 Å². The summed E-state index contributed by atoms with van der Waals surface area (Å²) in [7, 11) is 1.74. The summed E-state index contributed by atoms with van der Waals surface area (Å²) in [4.78, 5) is 7.09. The number of hydrogen-bond acceptors (Lipinski definition) is 5. The molecule has 26 heavy (non-hydrogen) atoms. The van der Waals surface area contributed by atoms with Gasteiger partial charge in [-0.25, -0.2) is 4.98 Å². The number of aromatic nitrogens is 2. The molecular formula is C20H27N3O3. The van der Waals surface area contributed by atoms with Gasteiger partial charge in [0.25, 0.3) is 0 Å². The van der Waals surface area contributed by atoms with Gasteiger partial charge in [0.05, 0.1) is 6.61 Å². The van der Waals surface area contributed by atoms with E-state index in [-0.39, 0.29) is 6.10 Å².